The number of nitrogens with one attached hydrogen (secondary N) is 3. The molecule has 3 aliphatic heterocycles. The van der Waals surface area contributed by atoms with Crippen LogP contribution in [0.15, 0.2) is 18.2 Å². The van der Waals surface area contributed by atoms with Crippen LogP contribution in [0.4, 0.5) is 0 Å². The number of hydrogen-bond donors (Lipinski definition) is 3. The van der Waals surface area contributed by atoms with Gasteiger partial charge in [0.05, 0.1) is 0 Å². The van der Waals surface area contributed by atoms with Crippen molar-refractivity contribution in [1.29, 1.82) is 0 Å². The number of fused-ring (bicyclic) bond motifs is 1. The van der Waals surface area contributed by atoms with Crippen molar-refractivity contribution in [3.05, 3.63) is 34.9 Å². The van der Waals surface area contributed by atoms with Crippen LogP contribution in [0.2, 0.25) is 0 Å². The standard InChI is InChI=1S/C20H24N4O3/c25-18-5-4-17(19(26)23-18)24-10-15-11(2-1-3-13(15)20(24)27)9-22-16-6-14(16)12-7-21-8-12/h1-3,12,14,16-17,21-22H,4-10H2,(H,23,25,26)/t14-,16+,17?/m0/s1. The van der Waals surface area contributed by atoms with Crippen LogP contribution in [0, 0.1) is 11.8 Å². The average Bonchev–Trinajstić information content (AvgIpc) is 3.27. The summed E-state index contributed by atoms with van der Waals surface area (Å²) >= 11 is 0. The van der Waals surface area contributed by atoms with Gasteiger partial charge in [-0.25, -0.2) is 0 Å². The average molecular weight is 368 g/mol. The number of amides is 3. The predicted molar refractivity (Wildman–Crippen MR) is 97.6 cm³/mol. The molecule has 142 valence electrons. The Morgan fingerprint density at radius 3 is 2.78 bits per heavy atom. The molecular weight excluding hydrogens is 344 g/mol. The van der Waals surface area contributed by atoms with Gasteiger partial charge in [-0.05, 0) is 55.0 Å². The van der Waals surface area contributed by atoms with E-state index in [1.165, 1.54) is 6.42 Å². The molecule has 3 fully saturated rings. The van der Waals surface area contributed by atoms with Gasteiger partial charge in [-0.15, -0.1) is 0 Å². The molecule has 1 aromatic rings. The minimum Gasteiger partial charge on any atom is -0.322 e. The molecule has 0 radical (unpaired) electrons. The monoisotopic (exact) mass is 368 g/mol. The van der Waals surface area contributed by atoms with Crippen molar-refractivity contribution in [3.8, 4) is 0 Å². The highest BCUT2D eigenvalue weighted by Crippen LogP contribution is 2.39. The van der Waals surface area contributed by atoms with E-state index in [0.29, 0.717) is 24.6 Å². The van der Waals surface area contributed by atoms with Crippen molar-refractivity contribution >= 4 is 17.7 Å². The topological polar surface area (TPSA) is 90.5 Å². The molecule has 2 saturated heterocycles. The van der Waals surface area contributed by atoms with Crippen LogP contribution in [0.3, 0.4) is 0 Å². The van der Waals surface area contributed by atoms with Gasteiger partial charge in [0.1, 0.15) is 6.04 Å². The largest absolute Gasteiger partial charge is 0.322 e. The smallest absolute Gasteiger partial charge is 0.255 e. The number of carbonyl (C=O) groups is 3. The zero-order valence-electron chi connectivity index (χ0n) is 15.2. The summed E-state index contributed by atoms with van der Waals surface area (Å²) in [6, 6.07) is 5.85. The molecule has 3 heterocycles. The van der Waals surface area contributed by atoms with E-state index >= 15 is 0 Å². The van der Waals surface area contributed by atoms with Gasteiger partial charge in [0.15, 0.2) is 0 Å². The highest BCUT2D eigenvalue weighted by atomic mass is 16.2. The molecule has 0 bridgehead atoms. The van der Waals surface area contributed by atoms with Crippen LogP contribution in [0.25, 0.3) is 0 Å². The molecule has 0 spiro atoms. The Balaban J connectivity index is 1.27. The van der Waals surface area contributed by atoms with Crippen molar-refractivity contribution < 1.29 is 14.4 Å². The second-order valence-electron chi connectivity index (χ2n) is 8.15. The van der Waals surface area contributed by atoms with E-state index in [4.69, 9.17) is 0 Å². The molecule has 3 N–H and O–H groups in total. The maximum Gasteiger partial charge on any atom is 0.255 e. The third kappa shape index (κ3) is 2.95. The molecule has 1 aliphatic carbocycles. The summed E-state index contributed by atoms with van der Waals surface area (Å²) in [6.45, 7) is 3.47. The zero-order valence-corrected chi connectivity index (χ0v) is 15.2. The van der Waals surface area contributed by atoms with E-state index in [-0.39, 0.29) is 24.1 Å². The van der Waals surface area contributed by atoms with Crippen LogP contribution in [0.1, 0.15) is 40.7 Å². The minimum absolute atomic E-state index is 0.105. The summed E-state index contributed by atoms with van der Waals surface area (Å²) < 4.78 is 0. The molecule has 1 unspecified atom stereocenters. The van der Waals surface area contributed by atoms with Gasteiger partial charge < -0.3 is 15.5 Å². The summed E-state index contributed by atoms with van der Waals surface area (Å²) in [7, 11) is 0. The Hall–Kier alpha value is -2.25. The number of hydrogen-bond acceptors (Lipinski definition) is 5. The van der Waals surface area contributed by atoms with Gasteiger partial charge in [0.2, 0.25) is 11.8 Å². The fraction of sp³-hybridized carbons (Fsp3) is 0.550. The minimum atomic E-state index is -0.553. The molecule has 5 rings (SSSR count). The third-order valence-electron chi connectivity index (χ3n) is 6.49. The Morgan fingerprint density at radius 2 is 2.04 bits per heavy atom. The molecule has 1 aromatic carbocycles. The lowest BCUT2D eigenvalue weighted by Gasteiger charge is -2.29. The highest BCUT2D eigenvalue weighted by Gasteiger charge is 2.45. The molecule has 1 saturated carbocycles. The Kier molecular flexibility index (Phi) is 4.02. The van der Waals surface area contributed by atoms with E-state index in [1.807, 2.05) is 12.1 Å². The summed E-state index contributed by atoms with van der Waals surface area (Å²) in [5.41, 5.74) is 2.84. The normalized spacial score (nSPS) is 30.1. The van der Waals surface area contributed by atoms with Crippen molar-refractivity contribution in [3.63, 3.8) is 0 Å². The van der Waals surface area contributed by atoms with Crippen LogP contribution >= 0.6 is 0 Å². The lowest BCUT2D eigenvalue weighted by Crippen LogP contribution is -2.52. The number of imide groups is 1. The summed E-state index contributed by atoms with van der Waals surface area (Å²) in [5.74, 6) is 0.873. The summed E-state index contributed by atoms with van der Waals surface area (Å²) in [4.78, 5) is 38.1. The van der Waals surface area contributed by atoms with Gasteiger partial charge >= 0.3 is 0 Å². The number of piperidine rings is 1. The van der Waals surface area contributed by atoms with E-state index in [0.717, 1.165) is 42.6 Å². The first-order valence-electron chi connectivity index (χ1n) is 9.81. The van der Waals surface area contributed by atoms with E-state index in [9.17, 15) is 14.4 Å². The van der Waals surface area contributed by atoms with E-state index in [2.05, 4.69) is 22.0 Å². The van der Waals surface area contributed by atoms with E-state index in [1.54, 1.807) is 4.90 Å². The second kappa shape index (κ2) is 6.42. The Bertz CT molecular complexity index is 819. The molecule has 7 nitrogen and oxygen atoms in total. The Morgan fingerprint density at radius 1 is 1.19 bits per heavy atom. The Labute approximate surface area is 157 Å². The highest BCUT2D eigenvalue weighted by molar-refractivity contribution is 6.05. The summed E-state index contributed by atoms with van der Waals surface area (Å²) in [5, 5.41) is 9.33. The first-order chi connectivity index (χ1) is 13.1. The van der Waals surface area contributed by atoms with Crippen LogP contribution in [-0.2, 0) is 22.7 Å². The van der Waals surface area contributed by atoms with Crippen LogP contribution in [-0.4, -0.2) is 47.8 Å². The molecule has 0 aromatic heterocycles. The van der Waals surface area contributed by atoms with Crippen molar-refractivity contribution in [2.24, 2.45) is 11.8 Å². The third-order valence-corrected chi connectivity index (χ3v) is 6.49. The molecule has 3 atom stereocenters. The van der Waals surface area contributed by atoms with Crippen molar-refractivity contribution in [1.82, 2.24) is 20.9 Å². The number of nitrogens with zero attached hydrogens (tertiary/aromatic N) is 1. The maximum absolute atomic E-state index is 12.8. The van der Waals surface area contributed by atoms with Crippen molar-refractivity contribution in [2.75, 3.05) is 13.1 Å². The fourth-order valence-corrected chi connectivity index (χ4v) is 4.64. The lowest BCUT2D eigenvalue weighted by molar-refractivity contribution is -0.136. The van der Waals surface area contributed by atoms with Crippen LogP contribution < -0.4 is 16.0 Å². The van der Waals surface area contributed by atoms with Gasteiger partial charge in [0, 0.05) is 31.1 Å². The second-order valence-corrected chi connectivity index (χ2v) is 8.15. The molecule has 4 aliphatic rings. The number of rotatable bonds is 5. The number of benzene rings is 1. The summed E-state index contributed by atoms with van der Waals surface area (Å²) in [6.07, 6.45) is 1.92. The van der Waals surface area contributed by atoms with Gasteiger partial charge in [-0.1, -0.05) is 12.1 Å². The quantitative estimate of drug-likeness (QED) is 0.644. The number of carbonyl (C=O) groups excluding carboxylic acids is 3. The first-order valence-corrected chi connectivity index (χ1v) is 9.81. The molecule has 27 heavy (non-hydrogen) atoms. The lowest BCUT2D eigenvalue weighted by atomic mass is 9.97. The van der Waals surface area contributed by atoms with Gasteiger partial charge in [-0.3, -0.25) is 19.7 Å². The molecular formula is C20H24N4O3. The SMILES string of the molecule is O=C1CCC(N2Cc3c(CN[C@@H]4C[C@H]4C4CNC4)cccc3C2=O)C(=O)N1. The fourth-order valence-electron chi connectivity index (χ4n) is 4.64. The molecule has 7 heteroatoms. The van der Waals surface area contributed by atoms with E-state index < -0.39 is 6.04 Å². The van der Waals surface area contributed by atoms with Gasteiger partial charge in [0.25, 0.3) is 5.91 Å². The zero-order chi connectivity index (χ0) is 18.5. The molecule has 3 amide bonds. The maximum atomic E-state index is 12.8. The first kappa shape index (κ1) is 16.9. The predicted octanol–water partition coefficient (Wildman–Crippen LogP) is 0.145. The van der Waals surface area contributed by atoms with Crippen LogP contribution in [0.5, 0.6) is 0 Å². The van der Waals surface area contributed by atoms with Crippen molar-refractivity contribution in [2.45, 2.75) is 44.4 Å². The van der Waals surface area contributed by atoms with Gasteiger partial charge in [-0.2, -0.15) is 0 Å².